The highest BCUT2D eigenvalue weighted by molar-refractivity contribution is 5.90. The minimum absolute atomic E-state index is 0.00719. The Kier molecular flexibility index (Phi) is 8.28. The van der Waals surface area contributed by atoms with E-state index in [9.17, 15) is 9.59 Å². The van der Waals surface area contributed by atoms with Gasteiger partial charge in [0.25, 0.3) is 0 Å². The van der Waals surface area contributed by atoms with Gasteiger partial charge >= 0.3 is 0 Å². The Balaban J connectivity index is 1.77. The van der Waals surface area contributed by atoms with Crippen LogP contribution in [0.5, 0.6) is 11.5 Å². The molecule has 2 amide bonds. The summed E-state index contributed by atoms with van der Waals surface area (Å²) < 4.78 is 6.00. The summed E-state index contributed by atoms with van der Waals surface area (Å²) in [6, 6.07) is 16.7. The first-order chi connectivity index (χ1) is 15.4. The van der Waals surface area contributed by atoms with Crippen LogP contribution >= 0.6 is 0 Å². The summed E-state index contributed by atoms with van der Waals surface area (Å²) in [4.78, 5) is 28.0. The predicted molar refractivity (Wildman–Crippen MR) is 127 cm³/mol. The highest BCUT2D eigenvalue weighted by Crippen LogP contribution is 2.35. The molecule has 1 fully saturated rings. The summed E-state index contributed by atoms with van der Waals surface area (Å²) >= 11 is 0. The molecule has 2 aromatic carbocycles. The lowest BCUT2D eigenvalue weighted by molar-refractivity contribution is -0.138. The van der Waals surface area contributed by atoms with Crippen LogP contribution in [0.25, 0.3) is 0 Å². The number of para-hydroxylation sites is 1. The molecule has 1 heterocycles. The first-order valence-electron chi connectivity index (χ1n) is 11.5. The van der Waals surface area contributed by atoms with Gasteiger partial charge in [-0.3, -0.25) is 9.59 Å². The topological polar surface area (TPSA) is 70.7 Å². The number of nitrogens with zero attached hydrogens (tertiary/aromatic N) is 1. The van der Waals surface area contributed by atoms with E-state index in [0.29, 0.717) is 13.0 Å². The van der Waals surface area contributed by atoms with Gasteiger partial charge in [0.15, 0.2) is 0 Å². The molecule has 2 aromatic rings. The van der Waals surface area contributed by atoms with Gasteiger partial charge in [-0.1, -0.05) is 44.2 Å². The highest BCUT2D eigenvalue weighted by Gasteiger charge is 2.35. The van der Waals surface area contributed by atoms with E-state index in [1.54, 1.807) is 14.0 Å². The summed E-state index contributed by atoms with van der Waals surface area (Å²) in [7, 11) is 1.74. The molecule has 0 spiro atoms. The number of likely N-dealkylation sites (N-methyl/N-ethyl adjacent to an activating group) is 1. The maximum atomic E-state index is 13.5. The van der Waals surface area contributed by atoms with Crippen LogP contribution in [-0.2, 0) is 9.59 Å². The Bertz CT molecular complexity index is 900. The van der Waals surface area contributed by atoms with Gasteiger partial charge in [0.2, 0.25) is 11.8 Å². The average molecular weight is 438 g/mol. The quantitative estimate of drug-likeness (QED) is 0.614. The molecule has 3 rings (SSSR count). The molecule has 0 aromatic heterocycles. The average Bonchev–Trinajstić information content (AvgIpc) is 3.28. The lowest BCUT2D eigenvalue weighted by atomic mass is 10.00. The van der Waals surface area contributed by atoms with Gasteiger partial charge in [-0.2, -0.15) is 0 Å². The second kappa shape index (κ2) is 11.1. The monoisotopic (exact) mass is 437 g/mol. The van der Waals surface area contributed by atoms with E-state index < -0.39 is 6.04 Å². The summed E-state index contributed by atoms with van der Waals surface area (Å²) in [5, 5.41) is 5.92. The van der Waals surface area contributed by atoms with Gasteiger partial charge in [0.05, 0.1) is 12.1 Å². The number of carbonyl (C=O) groups excluding carboxylic acids is 2. The van der Waals surface area contributed by atoms with Crippen molar-refractivity contribution in [3.05, 3.63) is 60.2 Å². The van der Waals surface area contributed by atoms with Crippen molar-refractivity contribution in [2.45, 2.75) is 58.2 Å². The van der Waals surface area contributed by atoms with E-state index in [4.69, 9.17) is 4.74 Å². The molecule has 3 atom stereocenters. The van der Waals surface area contributed by atoms with Crippen LogP contribution in [0.4, 0.5) is 0 Å². The highest BCUT2D eigenvalue weighted by atomic mass is 16.5. The zero-order chi connectivity index (χ0) is 23.1. The number of hydrogen-bond donors (Lipinski definition) is 2. The van der Waals surface area contributed by atoms with E-state index >= 15 is 0 Å². The van der Waals surface area contributed by atoms with E-state index in [1.807, 2.05) is 59.5 Å². The predicted octanol–water partition coefficient (Wildman–Crippen LogP) is 4.28. The lowest BCUT2D eigenvalue weighted by Gasteiger charge is -2.31. The molecule has 172 valence electrons. The Labute approximate surface area is 191 Å². The summed E-state index contributed by atoms with van der Waals surface area (Å²) in [6.45, 7) is 6.63. The van der Waals surface area contributed by atoms with Gasteiger partial charge in [0, 0.05) is 6.54 Å². The Morgan fingerprint density at radius 2 is 1.78 bits per heavy atom. The summed E-state index contributed by atoms with van der Waals surface area (Å²) in [6.07, 6.45) is 2.45. The molecule has 0 unspecified atom stereocenters. The van der Waals surface area contributed by atoms with Gasteiger partial charge in [-0.15, -0.1) is 0 Å². The zero-order valence-electron chi connectivity index (χ0n) is 19.5. The third kappa shape index (κ3) is 6.10. The molecule has 6 nitrogen and oxygen atoms in total. The number of rotatable bonds is 9. The standard InChI is InChI=1S/C26H35N3O3/c1-18(2)16-23(28-25(30)19(3)27-4)26(31)29-15-9-14-24(29)20-10-8-13-22(17-20)32-21-11-6-5-7-12-21/h5-8,10-13,17-19,23-24,27H,9,14-16H2,1-4H3,(H,28,30)/t19-,23-,24-/m0/s1. The van der Waals surface area contributed by atoms with E-state index in [2.05, 4.69) is 24.5 Å². The van der Waals surface area contributed by atoms with Gasteiger partial charge in [-0.05, 0) is 69.0 Å². The summed E-state index contributed by atoms with van der Waals surface area (Å²) in [5.41, 5.74) is 1.06. The largest absolute Gasteiger partial charge is 0.457 e. The van der Waals surface area contributed by atoms with Crippen molar-refractivity contribution < 1.29 is 14.3 Å². The Morgan fingerprint density at radius 3 is 2.47 bits per heavy atom. The normalized spacial score (nSPS) is 17.8. The second-order valence-corrected chi connectivity index (χ2v) is 8.88. The molecule has 6 heteroatoms. The number of carbonyl (C=O) groups is 2. The van der Waals surface area contributed by atoms with E-state index in [1.165, 1.54) is 0 Å². The molecular formula is C26H35N3O3. The third-order valence-corrected chi connectivity index (χ3v) is 5.91. The van der Waals surface area contributed by atoms with Crippen LogP contribution in [0.2, 0.25) is 0 Å². The number of hydrogen-bond acceptors (Lipinski definition) is 4. The second-order valence-electron chi connectivity index (χ2n) is 8.88. The van der Waals surface area contributed by atoms with Crippen LogP contribution < -0.4 is 15.4 Å². The number of ether oxygens (including phenoxy) is 1. The van der Waals surface area contributed by atoms with Gasteiger partial charge in [0.1, 0.15) is 17.5 Å². The maximum absolute atomic E-state index is 13.5. The van der Waals surface area contributed by atoms with Crippen molar-refractivity contribution >= 4 is 11.8 Å². The molecule has 1 saturated heterocycles. The molecule has 1 aliphatic rings. The number of amides is 2. The minimum Gasteiger partial charge on any atom is -0.457 e. The van der Waals surface area contributed by atoms with Crippen LogP contribution in [0.15, 0.2) is 54.6 Å². The van der Waals surface area contributed by atoms with Crippen LogP contribution in [0.3, 0.4) is 0 Å². The molecule has 0 aliphatic carbocycles. The van der Waals surface area contributed by atoms with Crippen molar-refractivity contribution in [2.24, 2.45) is 5.92 Å². The molecule has 32 heavy (non-hydrogen) atoms. The van der Waals surface area contributed by atoms with Crippen LogP contribution in [0.1, 0.15) is 51.6 Å². The Morgan fingerprint density at radius 1 is 1.06 bits per heavy atom. The van der Waals surface area contributed by atoms with Gasteiger partial charge < -0.3 is 20.3 Å². The fourth-order valence-electron chi connectivity index (χ4n) is 4.11. The maximum Gasteiger partial charge on any atom is 0.245 e. The Hall–Kier alpha value is -2.86. The number of likely N-dealkylation sites (tertiary alicyclic amines) is 1. The first kappa shape index (κ1) is 23.8. The van der Waals surface area contributed by atoms with E-state index in [0.717, 1.165) is 29.9 Å². The molecule has 2 N–H and O–H groups in total. The molecule has 0 radical (unpaired) electrons. The number of benzene rings is 2. The molecule has 0 saturated carbocycles. The smallest absolute Gasteiger partial charge is 0.245 e. The van der Waals surface area contributed by atoms with Crippen molar-refractivity contribution in [2.75, 3.05) is 13.6 Å². The first-order valence-corrected chi connectivity index (χ1v) is 11.5. The molecule has 1 aliphatic heterocycles. The van der Waals surface area contributed by atoms with Gasteiger partial charge in [-0.25, -0.2) is 0 Å². The fourth-order valence-corrected chi connectivity index (χ4v) is 4.11. The fraction of sp³-hybridized carbons (Fsp3) is 0.462. The lowest BCUT2D eigenvalue weighted by Crippen LogP contribution is -2.52. The van der Waals surface area contributed by atoms with Crippen molar-refractivity contribution in [1.29, 1.82) is 0 Å². The van der Waals surface area contributed by atoms with Crippen LogP contribution in [0, 0.1) is 5.92 Å². The van der Waals surface area contributed by atoms with E-state index in [-0.39, 0.29) is 29.8 Å². The van der Waals surface area contributed by atoms with Crippen molar-refractivity contribution in [3.63, 3.8) is 0 Å². The van der Waals surface area contributed by atoms with Crippen molar-refractivity contribution in [3.8, 4) is 11.5 Å². The number of nitrogens with one attached hydrogen (secondary N) is 2. The summed E-state index contributed by atoms with van der Waals surface area (Å²) in [5.74, 6) is 1.66. The third-order valence-electron chi connectivity index (χ3n) is 5.91. The zero-order valence-corrected chi connectivity index (χ0v) is 19.5. The van der Waals surface area contributed by atoms with Crippen LogP contribution in [-0.4, -0.2) is 42.4 Å². The SMILES string of the molecule is CN[C@@H](C)C(=O)N[C@@H](CC(C)C)C(=O)N1CCC[C@H]1c1cccc(Oc2ccccc2)c1. The molecule has 0 bridgehead atoms. The minimum atomic E-state index is -0.525. The van der Waals surface area contributed by atoms with Crippen molar-refractivity contribution in [1.82, 2.24) is 15.5 Å². The molecular weight excluding hydrogens is 402 g/mol.